The van der Waals surface area contributed by atoms with Gasteiger partial charge in [0.2, 0.25) is 0 Å². The Kier molecular flexibility index (Phi) is 10.3. The summed E-state index contributed by atoms with van der Waals surface area (Å²) in [5, 5.41) is 0.558. The fourth-order valence-electron chi connectivity index (χ4n) is 2.70. The van der Waals surface area contributed by atoms with Crippen LogP contribution in [-0.2, 0) is 17.7 Å². The van der Waals surface area contributed by atoms with Gasteiger partial charge in [0, 0.05) is 30.9 Å². The fourth-order valence-corrected chi connectivity index (χ4v) is 2.97. The molecule has 0 heterocycles. The van der Waals surface area contributed by atoms with Crippen LogP contribution in [0.5, 0.6) is 5.75 Å². The topological polar surface area (TPSA) is 56.8 Å². The summed E-state index contributed by atoms with van der Waals surface area (Å²) in [6, 6.07) is 16.0. The monoisotopic (exact) mass is 420 g/mol. The number of aliphatic imine (C=N–C) groups is 1. The second kappa shape index (κ2) is 13.2. The Morgan fingerprint density at radius 1 is 1.20 bits per heavy atom. The summed E-state index contributed by atoms with van der Waals surface area (Å²) >= 11 is 5.28. The van der Waals surface area contributed by atoms with Crippen LogP contribution in [0.1, 0.15) is 23.6 Å². The number of hydrogen-bond donors (Lipinski definition) is 1. The average Bonchev–Trinajstić information content (AvgIpc) is 2.76. The third-order valence-electron chi connectivity index (χ3n) is 4.16. The highest BCUT2D eigenvalue weighted by atomic mass is 32.1. The smallest absolute Gasteiger partial charge is 0.164 e. The van der Waals surface area contributed by atoms with E-state index in [1.165, 1.54) is 6.20 Å². The van der Waals surface area contributed by atoms with Crippen LogP contribution in [0.3, 0.4) is 0 Å². The summed E-state index contributed by atoms with van der Waals surface area (Å²) < 4.78 is 11.5. The molecule has 0 unspecified atom stereocenters. The van der Waals surface area contributed by atoms with Crippen molar-refractivity contribution >= 4 is 29.6 Å². The van der Waals surface area contributed by atoms with E-state index in [4.69, 9.17) is 27.4 Å². The van der Waals surface area contributed by atoms with Crippen LogP contribution in [0.4, 0.5) is 0 Å². The number of ether oxygens (including phenoxy) is 2. The summed E-state index contributed by atoms with van der Waals surface area (Å²) in [7, 11) is 0. The van der Waals surface area contributed by atoms with Gasteiger partial charge in [-0.1, -0.05) is 61.2 Å². The van der Waals surface area contributed by atoms with Gasteiger partial charge in [-0.3, -0.25) is 4.99 Å². The van der Waals surface area contributed by atoms with Crippen LogP contribution in [0, 0.1) is 0 Å². The Morgan fingerprint density at radius 3 is 2.80 bits per heavy atom. The Morgan fingerprint density at radius 2 is 2.03 bits per heavy atom. The van der Waals surface area contributed by atoms with E-state index in [1.807, 2.05) is 67.6 Å². The highest BCUT2D eigenvalue weighted by molar-refractivity contribution is 7.80. The predicted molar refractivity (Wildman–Crippen MR) is 130 cm³/mol. The molecule has 5 heteroatoms. The molecule has 2 aromatic rings. The molecule has 0 amide bonds. The molecule has 30 heavy (non-hydrogen) atoms. The number of hydrogen-bond acceptors (Lipinski definition) is 5. The van der Waals surface area contributed by atoms with Crippen molar-refractivity contribution in [3.63, 3.8) is 0 Å². The van der Waals surface area contributed by atoms with E-state index in [2.05, 4.69) is 17.6 Å². The van der Waals surface area contributed by atoms with E-state index in [0.29, 0.717) is 31.2 Å². The molecule has 0 saturated heterocycles. The molecule has 0 spiro atoms. The lowest BCUT2D eigenvalue weighted by Gasteiger charge is -2.12. The van der Waals surface area contributed by atoms with E-state index >= 15 is 0 Å². The lowest BCUT2D eigenvalue weighted by Crippen LogP contribution is -2.08. The molecule has 0 aliphatic rings. The van der Waals surface area contributed by atoms with Gasteiger partial charge < -0.3 is 15.2 Å². The maximum absolute atomic E-state index is 6.10. The van der Waals surface area contributed by atoms with Gasteiger partial charge in [0.05, 0.1) is 6.61 Å². The van der Waals surface area contributed by atoms with Gasteiger partial charge >= 0.3 is 0 Å². The molecule has 0 bridgehead atoms. The summed E-state index contributed by atoms with van der Waals surface area (Å²) in [5.74, 6) is 0.782. The SMILES string of the molecule is C=CN=C/C=C(\C=C\c1cccc(CN)c1)COc1ccccc1CC(=S)OCC. The van der Waals surface area contributed by atoms with Crippen molar-refractivity contribution in [3.05, 3.63) is 95.7 Å². The zero-order valence-corrected chi connectivity index (χ0v) is 18.1. The average molecular weight is 421 g/mol. The number of thiocarbonyl (C=S) groups is 1. The molecule has 0 aromatic heterocycles. The Balaban J connectivity index is 2.15. The van der Waals surface area contributed by atoms with E-state index in [-0.39, 0.29) is 0 Å². The minimum absolute atomic E-state index is 0.384. The molecular weight excluding hydrogens is 392 g/mol. The van der Waals surface area contributed by atoms with Gasteiger partial charge in [0.1, 0.15) is 12.4 Å². The van der Waals surface area contributed by atoms with Crippen molar-refractivity contribution in [1.82, 2.24) is 0 Å². The van der Waals surface area contributed by atoms with Gasteiger partial charge in [-0.25, -0.2) is 0 Å². The molecule has 156 valence electrons. The molecular formula is C25H28N2O2S. The molecule has 0 aliphatic heterocycles. The maximum atomic E-state index is 6.10. The Labute approximate surface area is 184 Å². The maximum Gasteiger partial charge on any atom is 0.164 e. The van der Waals surface area contributed by atoms with Crippen LogP contribution < -0.4 is 10.5 Å². The highest BCUT2D eigenvalue weighted by Gasteiger charge is 2.07. The number of nitrogens with zero attached hydrogens (tertiary/aromatic N) is 1. The van der Waals surface area contributed by atoms with Gasteiger partial charge in [-0.05, 0) is 48.0 Å². The first-order valence-electron chi connectivity index (χ1n) is 9.83. The number of rotatable bonds is 11. The van der Waals surface area contributed by atoms with Gasteiger partial charge in [0.25, 0.3) is 0 Å². The number of para-hydroxylation sites is 1. The van der Waals surface area contributed by atoms with E-state index in [9.17, 15) is 0 Å². The van der Waals surface area contributed by atoms with Crippen LogP contribution in [0.15, 0.2) is 84.0 Å². The first kappa shape index (κ1) is 23.3. The Bertz CT molecular complexity index is 932. The zero-order valence-electron chi connectivity index (χ0n) is 17.3. The quantitative estimate of drug-likeness (QED) is 0.305. The summed E-state index contributed by atoms with van der Waals surface area (Å²) in [5.41, 5.74) is 9.85. The summed E-state index contributed by atoms with van der Waals surface area (Å²) in [4.78, 5) is 4.05. The van der Waals surface area contributed by atoms with Crippen molar-refractivity contribution in [2.24, 2.45) is 10.7 Å². The summed E-state index contributed by atoms with van der Waals surface area (Å²) in [6.07, 6.45) is 9.68. The molecule has 2 aromatic carbocycles. The van der Waals surface area contributed by atoms with Crippen molar-refractivity contribution < 1.29 is 9.47 Å². The lowest BCUT2D eigenvalue weighted by atomic mass is 10.1. The minimum Gasteiger partial charge on any atom is -0.489 e. The summed E-state index contributed by atoms with van der Waals surface area (Å²) in [6.45, 7) is 6.99. The van der Waals surface area contributed by atoms with Crippen LogP contribution in [0.25, 0.3) is 6.08 Å². The molecule has 0 radical (unpaired) electrons. The number of nitrogens with two attached hydrogens (primary N) is 1. The van der Waals surface area contributed by atoms with Crippen LogP contribution >= 0.6 is 12.2 Å². The van der Waals surface area contributed by atoms with Gasteiger partial charge in [-0.2, -0.15) is 0 Å². The minimum atomic E-state index is 0.384. The van der Waals surface area contributed by atoms with E-state index in [1.54, 1.807) is 6.21 Å². The first-order valence-corrected chi connectivity index (χ1v) is 10.2. The standard InChI is InChI=1S/C25H28N2O2S/c1-3-27-15-14-21(13-12-20-8-7-9-22(16-20)18-26)19-29-24-11-6-5-10-23(24)17-25(30)28-4-2/h3,5-16H,1,4,17-19,26H2,2H3/b13-12+,21-14+,27-15?. The first-order chi connectivity index (χ1) is 14.7. The Hall–Kier alpha value is -3.02. The molecule has 0 atom stereocenters. The third-order valence-corrected chi connectivity index (χ3v) is 4.43. The fraction of sp³-hybridized carbons (Fsp3) is 0.200. The van der Waals surface area contributed by atoms with Crippen molar-refractivity contribution in [3.8, 4) is 5.75 Å². The molecule has 2 rings (SSSR count). The molecule has 0 fully saturated rings. The number of allylic oxidation sites excluding steroid dienone is 1. The van der Waals surface area contributed by atoms with Crippen LogP contribution in [-0.4, -0.2) is 24.5 Å². The lowest BCUT2D eigenvalue weighted by molar-refractivity contribution is 0.326. The molecule has 0 saturated carbocycles. The second-order valence-electron chi connectivity index (χ2n) is 6.38. The molecule has 0 aliphatic carbocycles. The zero-order chi connectivity index (χ0) is 21.6. The van der Waals surface area contributed by atoms with Gasteiger partial charge in [-0.15, -0.1) is 0 Å². The van der Waals surface area contributed by atoms with Crippen molar-refractivity contribution in [2.75, 3.05) is 13.2 Å². The number of benzene rings is 2. The second-order valence-corrected chi connectivity index (χ2v) is 6.84. The van der Waals surface area contributed by atoms with Crippen LogP contribution in [0.2, 0.25) is 0 Å². The van der Waals surface area contributed by atoms with E-state index < -0.39 is 0 Å². The van der Waals surface area contributed by atoms with Crippen molar-refractivity contribution in [2.45, 2.75) is 19.9 Å². The highest BCUT2D eigenvalue weighted by Crippen LogP contribution is 2.20. The predicted octanol–water partition coefficient (Wildman–Crippen LogP) is 5.28. The van der Waals surface area contributed by atoms with Crippen molar-refractivity contribution in [1.29, 1.82) is 0 Å². The third kappa shape index (κ3) is 8.15. The van der Waals surface area contributed by atoms with E-state index in [0.717, 1.165) is 28.0 Å². The largest absolute Gasteiger partial charge is 0.489 e. The normalized spacial score (nSPS) is 11.7. The molecule has 2 N–H and O–H groups in total. The molecule has 4 nitrogen and oxygen atoms in total. The van der Waals surface area contributed by atoms with Gasteiger partial charge in [0.15, 0.2) is 5.05 Å².